The van der Waals surface area contributed by atoms with Crippen molar-refractivity contribution in [3.05, 3.63) is 33.9 Å². The lowest BCUT2D eigenvalue weighted by molar-refractivity contribution is -0.384. The smallest absolute Gasteiger partial charge is 0.295 e. The normalized spacial score (nSPS) is 10.4. The van der Waals surface area contributed by atoms with E-state index in [1.165, 1.54) is 0 Å². The van der Waals surface area contributed by atoms with E-state index in [2.05, 4.69) is 5.32 Å². The van der Waals surface area contributed by atoms with E-state index >= 15 is 0 Å². The third kappa shape index (κ3) is 3.83. The highest BCUT2D eigenvalue weighted by Gasteiger charge is 2.20. The molecule has 0 amide bonds. The van der Waals surface area contributed by atoms with Crippen LogP contribution in [0.3, 0.4) is 0 Å². The van der Waals surface area contributed by atoms with Gasteiger partial charge in [0.25, 0.3) is 5.69 Å². The number of thioether (sulfide) groups is 1. The first-order valence-corrected chi connectivity index (χ1v) is 6.82. The summed E-state index contributed by atoms with van der Waals surface area (Å²) < 4.78 is 26.5. The Labute approximate surface area is 108 Å². The molecule has 0 saturated heterocycles. The van der Waals surface area contributed by atoms with Crippen molar-refractivity contribution < 1.29 is 13.7 Å². The fourth-order valence-corrected chi connectivity index (χ4v) is 1.94. The highest BCUT2D eigenvalue weighted by Crippen LogP contribution is 2.28. The average molecular weight is 276 g/mol. The summed E-state index contributed by atoms with van der Waals surface area (Å²) in [6, 6.07) is 1.72. The lowest BCUT2D eigenvalue weighted by Gasteiger charge is -2.08. The van der Waals surface area contributed by atoms with Gasteiger partial charge in [-0.15, -0.1) is 0 Å². The van der Waals surface area contributed by atoms with Gasteiger partial charge in [0, 0.05) is 12.6 Å². The number of anilines is 1. The van der Waals surface area contributed by atoms with Crippen molar-refractivity contribution in [1.29, 1.82) is 0 Å². The Morgan fingerprint density at radius 3 is 2.72 bits per heavy atom. The van der Waals surface area contributed by atoms with E-state index in [1.807, 2.05) is 6.26 Å². The van der Waals surface area contributed by atoms with Crippen LogP contribution in [0.2, 0.25) is 0 Å². The molecule has 0 bridgehead atoms. The summed E-state index contributed by atoms with van der Waals surface area (Å²) in [6.07, 6.45) is 3.64. The summed E-state index contributed by atoms with van der Waals surface area (Å²) in [5, 5.41) is 13.3. The van der Waals surface area contributed by atoms with Gasteiger partial charge in [0.15, 0.2) is 17.3 Å². The zero-order valence-electron chi connectivity index (χ0n) is 9.91. The summed E-state index contributed by atoms with van der Waals surface area (Å²) in [5.74, 6) is -1.32. The minimum absolute atomic E-state index is 0.371. The van der Waals surface area contributed by atoms with Crippen molar-refractivity contribution in [3.8, 4) is 0 Å². The first-order chi connectivity index (χ1) is 8.57. The van der Waals surface area contributed by atoms with E-state index < -0.39 is 22.2 Å². The molecular formula is C11H14F2N2O2S. The number of halogens is 2. The molecule has 0 radical (unpaired) electrons. The molecule has 18 heavy (non-hydrogen) atoms. The fourth-order valence-electron chi connectivity index (χ4n) is 1.45. The number of hydrogen-bond donors (Lipinski definition) is 1. The number of nitrogens with zero attached hydrogens (tertiary/aromatic N) is 1. The van der Waals surface area contributed by atoms with E-state index in [9.17, 15) is 18.9 Å². The number of nitrogens with one attached hydrogen (secondary N) is 1. The Morgan fingerprint density at radius 2 is 2.11 bits per heavy atom. The zero-order chi connectivity index (χ0) is 13.5. The lowest BCUT2D eigenvalue weighted by Crippen LogP contribution is -2.08. The van der Waals surface area contributed by atoms with Gasteiger partial charge < -0.3 is 5.32 Å². The predicted molar refractivity (Wildman–Crippen MR) is 69.1 cm³/mol. The maximum Gasteiger partial charge on any atom is 0.295 e. The Balaban J connectivity index is 2.73. The first kappa shape index (κ1) is 14.7. The van der Waals surface area contributed by atoms with Gasteiger partial charge in [-0.1, -0.05) is 0 Å². The summed E-state index contributed by atoms with van der Waals surface area (Å²) in [5.41, 5.74) is -0.817. The number of nitro groups is 1. The van der Waals surface area contributed by atoms with Crippen LogP contribution in [0.1, 0.15) is 12.8 Å². The fraction of sp³-hybridized carbons (Fsp3) is 0.455. The van der Waals surface area contributed by atoms with Gasteiger partial charge in [0.05, 0.1) is 4.92 Å². The summed E-state index contributed by atoms with van der Waals surface area (Å²) >= 11 is 1.69. The van der Waals surface area contributed by atoms with E-state index in [4.69, 9.17) is 0 Å². The summed E-state index contributed by atoms with van der Waals surface area (Å²) in [6.45, 7) is 0.377. The Bertz CT molecular complexity index is 430. The van der Waals surface area contributed by atoms with Crippen LogP contribution in [-0.4, -0.2) is 23.5 Å². The molecule has 0 unspecified atom stereocenters. The largest absolute Gasteiger partial charge is 0.377 e. The van der Waals surface area contributed by atoms with E-state index in [1.54, 1.807) is 11.8 Å². The molecule has 7 heteroatoms. The van der Waals surface area contributed by atoms with Gasteiger partial charge in [-0.05, 0) is 30.9 Å². The van der Waals surface area contributed by atoms with Gasteiger partial charge in [-0.2, -0.15) is 11.8 Å². The molecule has 0 saturated carbocycles. The standard InChI is InChI=1S/C11H14F2N2O2S/c1-18-7-3-2-6-14-11-9(15(16)17)5-4-8(12)10(11)13/h4-5,14H,2-3,6-7H2,1H3. The molecule has 4 nitrogen and oxygen atoms in total. The Kier molecular flexibility index (Phi) is 5.84. The zero-order valence-corrected chi connectivity index (χ0v) is 10.7. The molecule has 100 valence electrons. The van der Waals surface area contributed by atoms with Gasteiger partial charge in [0.2, 0.25) is 0 Å². The van der Waals surface area contributed by atoms with Gasteiger partial charge in [0.1, 0.15) is 0 Å². The van der Waals surface area contributed by atoms with Crippen LogP contribution < -0.4 is 5.32 Å². The second-order valence-corrected chi connectivity index (χ2v) is 4.62. The van der Waals surface area contributed by atoms with Gasteiger partial charge in [-0.3, -0.25) is 10.1 Å². The van der Waals surface area contributed by atoms with Crippen molar-refractivity contribution in [2.24, 2.45) is 0 Å². The number of nitro benzene ring substituents is 1. The highest BCUT2D eigenvalue weighted by molar-refractivity contribution is 7.98. The molecule has 0 heterocycles. The molecule has 1 aromatic carbocycles. The third-order valence-electron chi connectivity index (χ3n) is 2.35. The first-order valence-electron chi connectivity index (χ1n) is 5.43. The summed E-state index contributed by atoms with van der Waals surface area (Å²) in [7, 11) is 0. The van der Waals surface area contributed by atoms with Crippen molar-refractivity contribution in [3.63, 3.8) is 0 Å². The molecule has 0 fully saturated rings. The third-order valence-corrected chi connectivity index (χ3v) is 3.04. The van der Waals surface area contributed by atoms with Crippen LogP contribution in [0, 0.1) is 21.7 Å². The number of rotatable bonds is 7. The van der Waals surface area contributed by atoms with Crippen LogP contribution in [0.15, 0.2) is 12.1 Å². The van der Waals surface area contributed by atoms with Crippen molar-refractivity contribution in [1.82, 2.24) is 0 Å². The molecule has 0 aromatic heterocycles. The SMILES string of the molecule is CSCCCCNc1c([N+](=O)[O-])ccc(F)c1F. The highest BCUT2D eigenvalue weighted by atomic mass is 32.2. The van der Waals surface area contributed by atoms with Crippen LogP contribution in [0.5, 0.6) is 0 Å². The molecular weight excluding hydrogens is 262 g/mol. The molecule has 1 N–H and O–H groups in total. The maximum atomic E-state index is 13.5. The maximum absolute atomic E-state index is 13.5. The van der Waals surface area contributed by atoms with Crippen molar-refractivity contribution in [2.75, 3.05) is 23.9 Å². The monoisotopic (exact) mass is 276 g/mol. The van der Waals surface area contributed by atoms with E-state index in [-0.39, 0.29) is 5.69 Å². The molecule has 0 aliphatic heterocycles. The molecule has 1 rings (SSSR count). The van der Waals surface area contributed by atoms with Crippen LogP contribution in [0.4, 0.5) is 20.2 Å². The second kappa shape index (κ2) is 7.15. The number of benzene rings is 1. The van der Waals surface area contributed by atoms with Gasteiger partial charge >= 0.3 is 0 Å². The van der Waals surface area contributed by atoms with E-state index in [0.717, 1.165) is 30.7 Å². The topological polar surface area (TPSA) is 55.2 Å². The average Bonchev–Trinajstić information content (AvgIpc) is 2.33. The quantitative estimate of drug-likeness (QED) is 0.471. The van der Waals surface area contributed by atoms with Crippen LogP contribution >= 0.6 is 11.8 Å². The Hall–Kier alpha value is -1.37. The molecule has 1 aromatic rings. The number of hydrogen-bond acceptors (Lipinski definition) is 4. The molecule has 0 aliphatic rings. The minimum atomic E-state index is -1.20. The molecule has 0 spiro atoms. The Morgan fingerprint density at radius 1 is 1.39 bits per heavy atom. The molecule has 0 aliphatic carbocycles. The second-order valence-electron chi connectivity index (χ2n) is 3.64. The van der Waals surface area contributed by atoms with Gasteiger partial charge in [-0.25, -0.2) is 8.78 Å². The van der Waals surface area contributed by atoms with Crippen molar-refractivity contribution >= 4 is 23.1 Å². The summed E-state index contributed by atoms with van der Waals surface area (Å²) in [4.78, 5) is 9.96. The minimum Gasteiger partial charge on any atom is -0.377 e. The van der Waals surface area contributed by atoms with Crippen molar-refractivity contribution in [2.45, 2.75) is 12.8 Å². The molecule has 0 atom stereocenters. The lowest BCUT2D eigenvalue weighted by atomic mass is 10.2. The van der Waals surface area contributed by atoms with Crippen LogP contribution in [0.25, 0.3) is 0 Å². The van der Waals surface area contributed by atoms with Crippen LogP contribution in [-0.2, 0) is 0 Å². The van der Waals surface area contributed by atoms with E-state index in [0.29, 0.717) is 6.54 Å². The predicted octanol–water partition coefficient (Wildman–Crippen LogP) is 3.43. The number of unbranched alkanes of at least 4 members (excludes halogenated alkanes) is 1.